The number of sulfonamides is 1. The Kier molecular flexibility index (Phi) is 3.56. The smallest absolute Gasteiger partial charge is 0.264 e. The minimum absolute atomic E-state index is 0.0790. The molecule has 3 rings (SSSR count). The molecule has 0 bridgehead atoms. The van der Waals surface area contributed by atoms with Crippen LogP contribution in [0.15, 0.2) is 47.4 Å². The van der Waals surface area contributed by atoms with Crippen LogP contribution in [0.25, 0.3) is 0 Å². The summed E-state index contributed by atoms with van der Waals surface area (Å²) in [5.41, 5.74) is 0.804. The number of hydrogen-bond donors (Lipinski definition) is 0. The third-order valence-electron chi connectivity index (χ3n) is 3.60. The first-order valence-electron chi connectivity index (χ1n) is 6.94. The maximum absolute atomic E-state index is 13.4. The van der Waals surface area contributed by atoms with Gasteiger partial charge in [0.15, 0.2) is 0 Å². The number of halogens is 1. The van der Waals surface area contributed by atoms with E-state index in [1.807, 2.05) is 6.92 Å². The van der Waals surface area contributed by atoms with Crippen molar-refractivity contribution in [2.75, 3.05) is 10.8 Å². The molecule has 0 aliphatic carbocycles. The lowest BCUT2D eigenvalue weighted by molar-refractivity contribution is 0.219. The fraction of sp³-hybridized carbons (Fsp3) is 0.250. The molecular formula is C16H16FNO3S. The lowest BCUT2D eigenvalue weighted by atomic mass is 10.2. The van der Waals surface area contributed by atoms with Crippen LogP contribution in [0.2, 0.25) is 0 Å². The summed E-state index contributed by atoms with van der Waals surface area (Å²) in [7, 11) is -3.76. The zero-order valence-corrected chi connectivity index (χ0v) is 13.1. The van der Waals surface area contributed by atoms with E-state index >= 15 is 0 Å². The van der Waals surface area contributed by atoms with Gasteiger partial charge in [0.2, 0.25) is 0 Å². The molecule has 1 aliphatic rings. The SMILES string of the molecule is Cc1cc(S(=O)(=O)N2CC(C)Oc3ccccc32)ccc1F. The van der Waals surface area contributed by atoms with Crippen LogP contribution in [0.5, 0.6) is 5.75 Å². The van der Waals surface area contributed by atoms with Gasteiger partial charge in [0, 0.05) is 0 Å². The first-order valence-corrected chi connectivity index (χ1v) is 8.38. The molecule has 0 fully saturated rings. The van der Waals surface area contributed by atoms with Crippen molar-refractivity contribution in [3.05, 3.63) is 53.8 Å². The molecule has 1 aliphatic heterocycles. The minimum Gasteiger partial charge on any atom is -0.487 e. The van der Waals surface area contributed by atoms with Gasteiger partial charge in [-0.2, -0.15) is 0 Å². The fourth-order valence-corrected chi connectivity index (χ4v) is 4.12. The standard InChI is InChI=1S/C16H16FNO3S/c1-11-9-13(7-8-14(11)17)22(19,20)18-10-12(2)21-16-6-4-3-5-15(16)18/h3-9,12H,10H2,1-2H3. The molecule has 1 heterocycles. The Morgan fingerprint density at radius 1 is 1.23 bits per heavy atom. The summed E-state index contributed by atoms with van der Waals surface area (Å²) in [5, 5.41) is 0. The molecule has 6 heteroatoms. The van der Waals surface area contributed by atoms with E-state index in [0.29, 0.717) is 17.0 Å². The number of rotatable bonds is 2. The molecule has 116 valence electrons. The highest BCUT2D eigenvalue weighted by Crippen LogP contribution is 2.36. The van der Waals surface area contributed by atoms with Crippen LogP contribution < -0.4 is 9.04 Å². The van der Waals surface area contributed by atoms with Crippen LogP contribution in [0.4, 0.5) is 10.1 Å². The zero-order valence-electron chi connectivity index (χ0n) is 12.3. The molecule has 22 heavy (non-hydrogen) atoms. The number of nitrogens with zero attached hydrogens (tertiary/aromatic N) is 1. The average molecular weight is 321 g/mol. The van der Waals surface area contributed by atoms with Crippen molar-refractivity contribution in [1.29, 1.82) is 0 Å². The molecule has 1 unspecified atom stereocenters. The van der Waals surface area contributed by atoms with Crippen molar-refractivity contribution >= 4 is 15.7 Å². The second-order valence-electron chi connectivity index (χ2n) is 5.34. The maximum Gasteiger partial charge on any atom is 0.264 e. The molecule has 1 atom stereocenters. The summed E-state index contributed by atoms with van der Waals surface area (Å²) in [6.07, 6.45) is -0.258. The summed E-state index contributed by atoms with van der Waals surface area (Å²) in [6, 6.07) is 10.8. The van der Waals surface area contributed by atoms with E-state index < -0.39 is 15.8 Å². The molecule has 0 saturated heterocycles. The minimum atomic E-state index is -3.76. The molecule has 4 nitrogen and oxygen atoms in total. The third-order valence-corrected chi connectivity index (χ3v) is 5.38. The zero-order chi connectivity index (χ0) is 15.9. The van der Waals surface area contributed by atoms with Gasteiger partial charge in [0.25, 0.3) is 10.0 Å². The largest absolute Gasteiger partial charge is 0.487 e. The Hall–Kier alpha value is -2.08. The van der Waals surface area contributed by atoms with Gasteiger partial charge in [0.05, 0.1) is 17.1 Å². The van der Waals surface area contributed by atoms with Crippen LogP contribution >= 0.6 is 0 Å². The quantitative estimate of drug-likeness (QED) is 0.854. The van der Waals surface area contributed by atoms with E-state index in [-0.39, 0.29) is 17.5 Å². The topological polar surface area (TPSA) is 46.6 Å². The lowest BCUT2D eigenvalue weighted by Crippen LogP contribution is -2.42. The van der Waals surface area contributed by atoms with Crippen LogP contribution in [-0.2, 0) is 10.0 Å². The van der Waals surface area contributed by atoms with Crippen LogP contribution in [-0.4, -0.2) is 21.1 Å². The highest BCUT2D eigenvalue weighted by molar-refractivity contribution is 7.92. The summed E-state index contributed by atoms with van der Waals surface area (Å²) in [6.45, 7) is 3.58. The highest BCUT2D eigenvalue weighted by Gasteiger charge is 2.32. The average Bonchev–Trinajstić information content (AvgIpc) is 2.49. The Morgan fingerprint density at radius 2 is 1.95 bits per heavy atom. The number of anilines is 1. The third kappa shape index (κ3) is 2.43. The molecule has 0 N–H and O–H groups in total. The van der Waals surface area contributed by atoms with E-state index in [2.05, 4.69) is 0 Å². The van der Waals surface area contributed by atoms with Gasteiger partial charge in [-0.15, -0.1) is 0 Å². The Morgan fingerprint density at radius 3 is 2.68 bits per heavy atom. The predicted octanol–water partition coefficient (Wildman–Crippen LogP) is 3.11. The molecule has 2 aromatic rings. The normalized spacial score (nSPS) is 17.8. The van der Waals surface area contributed by atoms with Crippen molar-refractivity contribution in [2.45, 2.75) is 24.8 Å². The van der Waals surface area contributed by atoms with Gasteiger partial charge in [-0.25, -0.2) is 12.8 Å². The van der Waals surface area contributed by atoms with E-state index in [0.717, 1.165) is 0 Å². The van der Waals surface area contributed by atoms with Gasteiger partial charge in [-0.05, 0) is 49.7 Å². The van der Waals surface area contributed by atoms with Crippen molar-refractivity contribution in [3.63, 3.8) is 0 Å². The summed E-state index contributed by atoms with van der Waals surface area (Å²) >= 11 is 0. The van der Waals surface area contributed by atoms with Crippen LogP contribution in [0.3, 0.4) is 0 Å². The summed E-state index contributed by atoms with van der Waals surface area (Å²) < 4.78 is 46.2. The molecule has 0 aromatic heterocycles. The second-order valence-corrected chi connectivity index (χ2v) is 7.21. The molecule has 0 amide bonds. The molecule has 0 radical (unpaired) electrons. The lowest BCUT2D eigenvalue weighted by Gasteiger charge is -2.34. The van der Waals surface area contributed by atoms with Crippen LogP contribution in [0.1, 0.15) is 12.5 Å². The predicted molar refractivity (Wildman–Crippen MR) is 82.2 cm³/mol. The van der Waals surface area contributed by atoms with E-state index in [4.69, 9.17) is 4.74 Å². The van der Waals surface area contributed by atoms with Crippen molar-refractivity contribution in [1.82, 2.24) is 0 Å². The highest BCUT2D eigenvalue weighted by atomic mass is 32.2. The first kappa shape index (κ1) is 14.8. The fourth-order valence-electron chi connectivity index (χ4n) is 2.48. The van der Waals surface area contributed by atoms with E-state index in [1.165, 1.54) is 22.5 Å². The van der Waals surface area contributed by atoms with Crippen molar-refractivity contribution in [2.24, 2.45) is 0 Å². The maximum atomic E-state index is 13.4. The van der Waals surface area contributed by atoms with Crippen molar-refractivity contribution in [3.8, 4) is 5.75 Å². The molecule has 2 aromatic carbocycles. The summed E-state index contributed by atoms with van der Waals surface area (Å²) in [5.74, 6) is 0.110. The molecular weight excluding hydrogens is 305 g/mol. The monoisotopic (exact) mass is 321 g/mol. The van der Waals surface area contributed by atoms with Gasteiger partial charge in [-0.3, -0.25) is 4.31 Å². The van der Waals surface area contributed by atoms with Gasteiger partial charge >= 0.3 is 0 Å². The number of fused-ring (bicyclic) bond motifs is 1. The Balaban J connectivity index is 2.11. The van der Waals surface area contributed by atoms with Gasteiger partial charge < -0.3 is 4.74 Å². The first-order chi connectivity index (χ1) is 10.4. The molecule has 0 spiro atoms. The number of aryl methyl sites for hydroxylation is 1. The van der Waals surface area contributed by atoms with Crippen molar-refractivity contribution < 1.29 is 17.5 Å². The number of ether oxygens (including phenoxy) is 1. The van der Waals surface area contributed by atoms with Gasteiger partial charge in [0.1, 0.15) is 17.7 Å². The Bertz CT molecular complexity index is 820. The van der Waals surface area contributed by atoms with Crippen LogP contribution in [0, 0.1) is 12.7 Å². The second kappa shape index (κ2) is 5.28. The summed E-state index contributed by atoms with van der Waals surface area (Å²) in [4.78, 5) is 0.0790. The molecule has 0 saturated carbocycles. The Labute approximate surface area is 129 Å². The number of para-hydroxylation sites is 2. The number of hydrogen-bond acceptors (Lipinski definition) is 3. The van der Waals surface area contributed by atoms with Gasteiger partial charge in [-0.1, -0.05) is 12.1 Å². The van der Waals surface area contributed by atoms with E-state index in [9.17, 15) is 12.8 Å². The number of benzene rings is 2. The van der Waals surface area contributed by atoms with E-state index in [1.54, 1.807) is 31.2 Å².